The first-order valence-electron chi connectivity index (χ1n) is 7.67. The summed E-state index contributed by atoms with van der Waals surface area (Å²) < 4.78 is 0. The summed E-state index contributed by atoms with van der Waals surface area (Å²) in [5.74, 6) is 0. The van der Waals surface area contributed by atoms with Crippen LogP contribution < -0.4 is 5.32 Å². The monoisotopic (exact) mass is 259 g/mol. The molecule has 0 radical (unpaired) electrons. The third kappa shape index (κ3) is 2.54. The lowest BCUT2D eigenvalue weighted by Crippen LogP contribution is -2.48. The van der Waals surface area contributed by atoms with Gasteiger partial charge >= 0.3 is 0 Å². The van der Waals surface area contributed by atoms with Crippen LogP contribution in [0.3, 0.4) is 0 Å². The summed E-state index contributed by atoms with van der Waals surface area (Å²) in [6, 6.07) is 6.54. The molecule has 0 aliphatic carbocycles. The normalized spacial score (nSPS) is 30.7. The predicted molar refractivity (Wildman–Crippen MR) is 78.0 cm³/mol. The fourth-order valence-corrected chi connectivity index (χ4v) is 3.88. The molecule has 3 nitrogen and oxygen atoms in total. The molecule has 0 aromatic carbocycles. The minimum Gasteiger partial charge on any atom is -0.317 e. The lowest BCUT2D eigenvalue weighted by Gasteiger charge is -2.39. The number of piperidine rings is 1. The molecule has 0 saturated carbocycles. The molecular formula is C16H25N3. The van der Waals surface area contributed by atoms with Gasteiger partial charge in [0.25, 0.3) is 0 Å². The topological polar surface area (TPSA) is 28.2 Å². The molecule has 1 aromatic heterocycles. The first-order chi connectivity index (χ1) is 9.31. The molecule has 3 heterocycles. The zero-order chi connectivity index (χ0) is 13.2. The van der Waals surface area contributed by atoms with Crippen LogP contribution in [0.5, 0.6) is 0 Å². The van der Waals surface area contributed by atoms with Gasteiger partial charge in [-0.15, -0.1) is 0 Å². The predicted octanol–water partition coefficient (Wildman–Crippen LogP) is 2.36. The molecule has 2 bridgehead atoms. The molecular weight excluding hydrogens is 234 g/mol. The standard InChI is InChI=1S/C16H25N3/c1-3-12-5-4-8-18-16(12)11-19-14-6-7-15(19)10-13(9-14)17-2/h4-5,8,13-15,17H,3,6-7,9-11H2,1-2H3. The van der Waals surface area contributed by atoms with E-state index in [-0.39, 0.29) is 0 Å². The van der Waals surface area contributed by atoms with Crippen molar-refractivity contribution in [1.29, 1.82) is 0 Å². The van der Waals surface area contributed by atoms with Crippen LogP contribution in [0, 0.1) is 0 Å². The molecule has 2 fully saturated rings. The van der Waals surface area contributed by atoms with Crippen molar-refractivity contribution in [2.75, 3.05) is 7.05 Å². The molecule has 1 N–H and O–H groups in total. The number of aromatic nitrogens is 1. The quantitative estimate of drug-likeness (QED) is 0.899. The molecule has 104 valence electrons. The van der Waals surface area contributed by atoms with E-state index in [1.807, 2.05) is 6.20 Å². The van der Waals surface area contributed by atoms with Gasteiger partial charge in [0, 0.05) is 30.9 Å². The zero-order valence-corrected chi connectivity index (χ0v) is 12.1. The number of pyridine rings is 1. The highest BCUT2D eigenvalue weighted by molar-refractivity contribution is 5.20. The van der Waals surface area contributed by atoms with Crippen molar-refractivity contribution in [3.05, 3.63) is 29.6 Å². The molecule has 0 amide bonds. The Bertz CT molecular complexity index is 418. The van der Waals surface area contributed by atoms with E-state index < -0.39 is 0 Å². The maximum Gasteiger partial charge on any atom is 0.0575 e. The molecule has 2 unspecified atom stereocenters. The Balaban J connectivity index is 1.74. The average molecular weight is 259 g/mol. The molecule has 3 rings (SSSR count). The van der Waals surface area contributed by atoms with E-state index in [0.29, 0.717) is 0 Å². The average Bonchev–Trinajstić information content (AvgIpc) is 2.70. The van der Waals surface area contributed by atoms with E-state index in [1.54, 1.807) is 0 Å². The third-order valence-corrected chi connectivity index (χ3v) is 4.99. The minimum absolute atomic E-state index is 0.725. The number of nitrogens with zero attached hydrogens (tertiary/aromatic N) is 2. The van der Waals surface area contributed by atoms with Gasteiger partial charge in [-0.05, 0) is 50.8 Å². The van der Waals surface area contributed by atoms with E-state index in [4.69, 9.17) is 0 Å². The highest BCUT2D eigenvalue weighted by Crippen LogP contribution is 2.36. The van der Waals surface area contributed by atoms with Crippen LogP contribution in [0.2, 0.25) is 0 Å². The van der Waals surface area contributed by atoms with Gasteiger partial charge in [0.05, 0.1) is 5.69 Å². The molecule has 2 aliphatic heterocycles. The van der Waals surface area contributed by atoms with Gasteiger partial charge in [0.15, 0.2) is 0 Å². The van der Waals surface area contributed by atoms with Crippen LogP contribution in [0.4, 0.5) is 0 Å². The van der Waals surface area contributed by atoms with Crippen LogP contribution in [0.15, 0.2) is 18.3 Å². The van der Waals surface area contributed by atoms with Gasteiger partial charge in [-0.25, -0.2) is 0 Å². The van der Waals surface area contributed by atoms with Gasteiger partial charge in [-0.2, -0.15) is 0 Å². The Labute approximate surface area is 116 Å². The highest BCUT2D eigenvalue weighted by atomic mass is 15.2. The SMILES string of the molecule is CCc1cccnc1CN1C2CCC1CC(NC)C2. The fraction of sp³-hybridized carbons (Fsp3) is 0.688. The molecule has 19 heavy (non-hydrogen) atoms. The maximum absolute atomic E-state index is 4.62. The van der Waals surface area contributed by atoms with Crippen molar-refractivity contribution in [2.24, 2.45) is 0 Å². The second kappa shape index (κ2) is 5.59. The van der Waals surface area contributed by atoms with Crippen LogP contribution in [-0.4, -0.2) is 35.1 Å². The minimum atomic E-state index is 0.725. The summed E-state index contributed by atoms with van der Waals surface area (Å²) in [4.78, 5) is 7.34. The fourth-order valence-electron chi connectivity index (χ4n) is 3.88. The number of hydrogen-bond donors (Lipinski definition) is 1. The van der Waals surface area contributed by atoms with E-state index in [2.05, 4.69) is 41.3 Å². The smallest absolute Gasteiger partial charge is 0.0575 e. The Hall–Kier alpha value is -0.930. The largest absolute Gasteiger partial charge is 0.317 e. The van der Waals surface area contributed by atoms with Crippen LogP contribution in [0.25, 0.3) is 0 Å². The summed E-state index contributed by atoms with van der Waals surface area (Å²) in [6.45, 7) is 3.28. The van der Waals surface area contributed by atoms with E-state index in [9.17, 15) is 0 Å². The van der Waals surface area contributed by atoms with Crippen molar-refractivity contribution >= 4 is 0 Å². The Kier molecular flexibility index (Phi) is 3.85. The maximum atomic E-state index is 4.62. The molecule has 0 spiro atoms. The van der Waals surface area contributed by atoms with E-state index in [0.717, 1.165) is 31.1 Å². The van der Waals surface area contributed by atoms with Gasteiger partial charge in [0.2, 0.25) is 0 Å². The molecule has 2 aliphatic rings. The van der Waals surface area contributed by atoms with Crippen molar-refractivity contribution < 1.29 is 0 Å². The Morgan fingerprint density at radius 2 is 2.05 bits per heavy atom. The molecule has 1 aromatic rings. The van der Waals surface area contributed by atoms with Gasteiger partial charge < -0.3 is 5.32 Å². The second-order valence-corrected chi connectivity index (χ2v) is 5.98. The molecule has 3 heteroatoms. The highest BCUT2D eigenvalue weighted by Gasteiger charge is 2.40. The third-order valence-electron chi connectivity index (χ3n) is 4.99. The summed E-state index contributed by atoms with van der Waals surface area (Å²) >= 11 is 0. The summed E-state index contributed by atoms with van der Waals surface area (Å²) in [5, 5.41) is 3.47. The molecule has 2 atom stereocenters. The number of rotatable bonds is 4. The number of fused-ring (bicyclic) bond motifs is 2. The van der Waals surface area contributed by atoms with Gasteiger partial charge in [-0.3, -0.25) is 9.88 Å². The summed E-state index contributed by atoms with van der Waals surface area (Å²) in [6.07, 6.45) is 8.39. The van der Waals surface area contributed by atoms with Crippen molar-refractivity contribution in [2.45, 2.75) is 63.7 Å². The Morgan fingerprint density at radius 1 is 1.32 bits per heavy atom. The van der Waals surface area contributed by atoms with Gasteiger partial charge in [-0.1, -0.05) is 13.0 Å². The van der Waals surface area contributed by atoms with Crippen molar-refractivity contribution in [3.63, 3.8) is 0 Å². The van der Waals surface area contributed by atoms with E-state index >= 15 is 0 Å². The second-order valence-electron chi connectivity index (χ2n) is 5.98. The number of nitrogens with one attached hydrogen (secondary N) is 1. The first kappa shape index (κ1) is 13.1. The zero-order valence-electron chi connectivity index (χ0n) is 12.1. The van der Waals surface area contributed by atoms with Crippen LogP contribution >= 0.6 is 0 Å². The number of aryl methyl sites for hydroxylation is 1. The van der Waals surface area contributed by atoms with Gasteiger partial charge in [0.1, 0.15) is 0 Å². The van der Waals surface area contributed by atoms with Crippen molar-refractivity contribution in [3.8, 4) is 0 Å². The summed E-state index contributed by atoms with van der Waals surface area (Å²) in [7, 11) is 2.10. The lowest BCUT2D eigenvalue weighted by molar-refractivity contribution is 0.110. The molecule has 2 saturated heterocycles. The van der Waals surface area contributed by atoms with Crippen molar-refractivity contribution in [1.82, 2.24) is 15.2 Å². The van der Waals surface area contributed by atoms with E-state index in [1.165, 1.54) is 36.9 Å². The summed E-state index contributed by atoms with van der Waals surface area (Å²) in [5.41, 5.74) is 2.71. The first-order valence-corrected chi connectivity index (χ1v) is 7.67. The Morgan fingerprint density at radius 3 is 2.68 bits per heavy atom. The van der Waals surface area contributed by atoms with Crippen LogP contribution in [0.1, 0.15) is 43.9 Å². The van der Waals surface area contributed by atoms with Crippen LogP contribution in [-0.2, 0) is 13.0 Å². The number of hydrogen-bond acceptors (Lipinski definition) is 3. The lowest BCUT2D eigenvalue weighted by atomic mass is 9.97.